The molecule has 4 aromatic rings. The van der Waals surface area contributed by atoms with E-state index < -0.39 is 40.3 Å². The molecule has 0 saturated heterocycles. The first-order valence-corrected chi connectivity index (χ1v) is 6.87. The summed E-state index contributed by atoms with van der Waals surface area (Å²) in [7, 11) is 0. The molecule has 0 radical (unpaired) electrons. The van der Waals surface area contributed by atoms with Crippen LogP contribution in [-0.2, 0) is 12.4 Å². The van der Waals surface area contributed by atoms with Gasteiger partial charge in [-0.2, -0.15) is 26.3 Å². The molecule has 0 bridgehead atoms. The van der Waals surface area contributed by atoms with Crippen LogP contribution in [0, 0.1) is 0 Å². The molecule has 1 aromatic carbocycles. The van der Waals surface area contributed by atoms with Crippen molar-refractivity contribution in [1.29, 1.82) is 0 Å². The third-order valence-electron chi connectivity index (χ3n) is 3.67. The van der Waals surface area contributed by atoms with E-state index in [0.29, 0.717) is 0 Å². The number of alkyl halides is 6. The van der Waals surface area contributed by atoms with E-state index in [1.54, 1.807) is 0 Å². The number of nitrogens with zero attached hydrogens (tertiary/aromatic N) is 2. The lowest BCUT2D eigenvalue weighted by molar-refractivity contribution is -0.146. The predicted octanol–water partition coefficient (Wildman–Crippen LogP) is 4.52. The molecule has 0 unspecified atom stereocenters. The molecule has 0 fully saturated rings. The van der Waals surface area contributed by atoms with Gasteiger partial charge in [-0.15, -0.1) is 10.2 Å². The number of hydrogen-bond acceptors (Lipinski definition) is 5. The van der Waals surface area contributed by atoms with Gasteiger partial charge in [-0.05, 0) is 12.1 Å². The molecule has 0 amide bonds. The monoisotopic (exact) mass is 374 g/mol. The predicted molar refractivity (Wildman–Crippen MR) is 75.4 cm³/mol. The topological polar surface area (TPSA) is 69.1 Å². The Balaban J connectivity index is 2.23. The van der Waals surface area contributed by atoms with Gasteiger partial charge >= 0.3 is 18.0 Å². The van der Waals surface area contributed by atoms with Crippen LogP contribution < -0.4 is 5.63 Å². The zero-order valence-corrected chi connectivity index (χ0v) is 12.2. The maximum atomic E-state index is 13.2. The van der Waals surface area contributed by atoms with Crippen molar-refractivity contribution >= 4 is 32.9 Å². The summed E-state index contributed by atoms with van der Waals surface area (Å²) in [6, 6.07) is 4.48. The lowest BCUT2D eigenvalue weighted by Crippen LogP contribution is -2.15. The number of furan rings is 1. The van der Waals surface area contributed by atoms with E-state index in [1.165, 1.54) is 6.07 Å². The summed E-state index contributed by atoms with van der Waals surface area (Å²) in [5.74, 6) is 0. The lowest BCUT2D eigenvalue weighted by atomic mass is 10.1. The Morgan fingerprint density at radius 3 is 2.12 bits per heavy atom. The fourth-order valence-corrected chi connectivity index (χ4v) is 2.64. The summed E-state index contributed by atoms with van der Waals surface area (Å²) in [5.41, 5.74) is -5.48. The highest BCUT2D eigenvalue weighted by molar-refractivity contribution is 6.10. The van der Waals surface area contributed by atoms with E-state index in [0.717, 1.165) is 18.2 Å². The van der Waals surface area contributed by atoms with Crippen LogP contribution in [0.3, 0.4) is 0 Å². The molecule has 4 rings (SSSR count). The average Bonchev–Trinajstić information content (AvgIpc) is 2.87. The Kier molecular flexibility index (Phi) is 3.12. The maximum Gasteiger partial charge on any atom is 0.438 e. The highest BCUT2D eigenvalue weighted by atomic mass is 19.4. The second kappa shape index (κ2) is 4.96. The Hall–Kier alpha value is -3.11. The second-order valence-electron chi connectivity index (χ2n) is 5.34. The number of hydrogen-bond donors (Lipinski definition) is 0. The van der Waals surface area contributed by atoms with Crippen LogP contribution >= 0.6 is 0 Å². The van der Waals surface area contributed by atoms with Gasteiger partial charge in [-0.3, -0.25) is 0 Å². The lowest BCUT2D eigenvalue weighted by Gasteiger charge is -2.09. The van der Waals surface area contributed by atoms with Crippen molar-refractivity contribution in [2.24, 2.45) is 0 Å². The Morgan fingerprint density at radius 2 is 1.46 bits per heavy atom. The first-order valence-electron chi connectivity index (χ1n) is 6.87. The maximum absolute atomic E-state index is 13.2. The summed E-state index contributed by atoms with van der Waals surface area (Å²) >= 11 is 0. The second-order valence-corrected chi connectivity index (χ2v) is 5.34. The standard InChI is InChI=1S/C15H4F6N2O3/c16-14(17,18)12-10-6-3-5-1-2-9(24)25-7(5)4-8(6)26-11(10)13(23-22-12)15(19,20)21/h1-4H. The van der Waals surface area contributed by atoms with Gasteiger partial charge in [0.05, 0.1) is 5.39 Å². The fourth-order valence-electron chi connectivity index (χ4n) is 2.64. The molecule has 0 aliphatic carbocycles. The molecule has 3 aromatic heterocycles. The molecule has 11 heteroatoms. The van der Waals surface area contributed by atoms with Gasteiger partial charge in [0.15, 0.2) is 11.3 Å². The highest BCUT2D eigenvalue weighted by Crippen LogP contribution is 2.43. The van der Waals surface area contributed by atoms with Crippen molar-refractivity contribution in [3.8, 4) is 0 Å². The van der Waals surface area contributed by atoms with E-state index in [1.807, 2.05) is 0 Å². The molecule has 0 aliphatic heterocycles. The Morgan fingerprint density at radius 1 is 0.808 bits per heavy atom. The fraction of sp³-hybridized carbons (Fsp3) is 0.133. The number of halogens is 6. The normalized spacial score (nSPS) is 13.2. The quantitative estimate of drug-likeness (QED) is 0.334. The van der Waals surface area contributed by atoms with Crippen molar-refractivity contribution in [1.82, 2.24) is 10.2 Å². The summed E-state index contributed by atoms with van der Waals surface area (Å²) in [6.45, 7) is 0. The molecule has 134 valence electrons. The molecule has 3 heterocycles. The first-order chi connectivity index (χ1) is 12.1. The molecular weight excluding hydrogens is 370 g/mol. The van der Waals surface area contributed by atoms with Crippen molar-refractivity contribution in [3.05, 3.63) is 46.1 Å². The van der Waals surface area contributed by atoms with E-state index in [4.69, 9.17) is 8.83 Å². The molecule has 0 N–H and O–H groups in total. The van der Waals surface area contributed by atoms with Crippen molar-refractivity contribution in [2.75, 3.05) is 0 Å². The average molecular weight is 374 g/mol. The van der Waals surface area contributed by atoms with Gasteiger partial charge in [-0.1, -0.05) is 0 Å². The largest absolute Gasteiger partial charge is 0.453 e. The van der Waals surface area contributed by atoms with Gasteiger partial charge < -0.3 is 8.83 Å². The molecule has 5 nitrogen and oxygen atoms in total. The van der Waals surface area contributed by atoms with Crippen molar-refractivity contribution in [2.45, 2.75) is 12.4 Å². The molecule has 0 aliphatic rings. The van der Waals surface area contributed by atoms with Crippen LogP contribution in [-0.4, -0.2) is 10.2 Å². The highest BCUT2D eigenvalue weighted by Gasteiger charge is 2.43. The summed E-state index contributed by atoms with van der Waals surface area (Å²) in [6.07, 6.45) is -10.1. The van der Waals surface area contributed by atoms with Gasteiger partial charge in [0.25, 0.3) is 0 Å². The van der Waals surface area contributed by atoms with Crippen LogP contribution in [0.5, 0.6) is 0 Å². The first kappa shape index (κ1) is 16.4. The third-order valence-corrected chi connectivity index (χ3v) is 3.67. The minimum atomic E-state index is -5.07. The smallest absolute Gasteiger partial charge is 0.438 e. The molecule has 26 heavy (non-hydrogen) atoms. The van der Waals surface area contributed by atoms with E-state index in [2.05, 4.69) is 10.2 Å². The minimum Gasteiger partial charge on any atom is -0.453 e. The van der Waals surface area contributed by atoms with Gasteiger partial charge in [0.2, 0.25) is 5.69 Å². The minimum absolute atomic E-state index is 0.0490. The molecule has 0 saturated carbocycles. The zero-order valence-electron chi connectivity index (χ0n) is 12.2. The Labute approximate surface area is 137 Å². The number of aromatic nitrogens is 2. The van der Waals surface area contributed by atoms with E-state index in [-0.39, 0.29) is 21.9 Å². The van der Waals surface area contributed by atoms with E-state index >= 15 is 0 Å². The van der Waals surface area contributed by atoms with Crippen LogP contribution in [0.15, 0.2) is 37.9 Å². The van der Waals surface area contributed by atoms with Crippen LogP contribution in [0.4, 0.5) is 26.3 Å². The molecular formula is C15H4F6N2O3. The third kappa shape index (κ3) is 2.38. The van der Waals surface area contributed by atoms with Crippen LogP contribution in [0.25, 0.3) is 32.9 Å². The number of rotatable bonds is 0. The van der Waals surface area contributed by atoms with Crippen LogP contribution in [0.1, 0.15) is 11.4 Å². The zero-order chi connectivity index (χ0) is 18.9. The van der Waals surface area contributed by atoms with Gasteiger partial charge in [0.1, 0.15) is 11.2 Å². The van der Waals surface area contributed by atoms with E-state index in [9.17, 15) is 31.1 Å². The van der Waals surface area contributed by atoms with Gasteiger partial charge in [0, 0.05) is 22.9 Å². The summed E-state index contributed by atoms with van der Waals surface area (Å²) in [5, 5.41) is 4.49. The summed E-state index contributed by atoms with van der Waals surface area (Å²) < 4.78 is 88.9. The Bertz CT molecular complexity index is 1240. The van der Waals surface area contributed by atoms with Gasteiger partial charge in [-0.25, -0.2) is 4.79 Å². The molecule has 0 spiro atoms. The number of fused-ring (bicyclic) bond motifs is 4. The summed E-state index contributed by atoms with van der Waals surface area (Å²) in [4.78, 5) is 11.2. The molecule has 0 atom stereocenters. The van der Waals surface area contributed by atoms with Crippen molar-refractivity contribution in [3.63, 3.8) is 0 Å². The SMILES string of the molecule is O=c1ccc2cc3c(cc2o1)oc1c(C(F)(F)F)nnc(C(F)(F)F)c13. The number of benzene rings is 1. The van der Waals surface area contributed by atoms with Crippen LogP contribution in [0.2, 0.25) is 0 Å². The van der Waals surface area contributed by atoms with Crippen molar-refractivity contribution < 1.29 is 35.2 Å².